The van der Waals surface area contributed by atoms with E-state index in [-0.39, 0.29) is 60.2 Å². The number of hydrogen-bond donors (Lipinski definition) is 0. The molecule has 0 unspecified atom stereocenters. The molecule has 2 saturated carbocycles. The van der Waals surface area contributed by atoms with E-state index in [1.54, 1.807) is 4.90 Å². The van der Waals surface area contributed by atoms with Crippen LogP contribution in [0, 0.1) is 11.8 Å². The Morgan fingerprint density at radius 2 is 1.76 bits per heavy atom. The standard InChI is InChI=1S/C36H46F5N3O5/c1-4-48-27-12-10-26(11-13-27)44(33(45)25-8-6-23(2)7-9-25)31-15-14-28(19-29(31)34(46)47-3)49-32-30(36(39,40)41)18-24(20-42-32)21-43-17-5-16-35(37,38)22-43/h14-15,18-20,23,25-27H,4-13,16-17,21-22H2,1-3H3/t23-,25-,26-,27-. The Morgan fingerprint density at radius 1 is 1.04 bits per heavy atom. The molecule has 1 aromatic carbocycles. The SMILES string of the molecule is CCO[C@H]1CC[C@H](N(c2ccc(Oc3ncc(CN4CCCC(F)(F)C4)cc3C(F)(F)F)cc2C(=O)OC)C(=O)[C@H]2CC[C@H](C)CC2)CC1. The molecule has 0 bridgehead atoms. The summed E-state index contributed by atoms with van der Waals surface area (Å²) in [6, 6.07) is 4.88. The van der Waals surface area contributed by atoms with Crippen molar-refractivity contribution in [2.75, 3.05) is 31.7 Å². The van der Waals surface area contributed by atoms with Crippen LogP contribution in [-0.4, -0.2) is 66.6 Å². The van der Waals surface area contributed by atoms with E-state index < -0.39 is 36.1 Å². The molecule has 5 rings (SSSR count). The minimum Gasteiger partial charge on any atom is -0.465 e. The van der Waals surface area contributed by atoms with Crippen molar-refractivity contribution in [1.82, 2.24) is 9.88 Å². The minimum absolute atomic E-state index is 0.0133. The number of carbonyl (C=O) groups excluding carboxylic acids is 2. The van der Waals surface area contributed by atoms with Gasteiger partial charge in [-0.1, -0.05) is 6.92 Å². The van der Waals surface area contributed by atoms with Crippen LogP contribution in [0.25, 0.3) is 0 Å². The summed E-state index contributed by atoms with van der Waals surface area (Å²) < 4.78 is 87.2. The van der Waals surface area contributed by atoms with Gasteiger partial charge in [0.25, 0.3) is 5.92 Å². The molecule has 13 heteroatoms. The molecule has 0 N–H and O–H groups in total. The summed E-state index contributed by atoms with van der Waals surface area (Å²) >= 11 is 0. The van der Waals surface area contributed by atoms with Crippen molar-refractivity contribution in [2.45, 2.75) is 109 Å². The van der Waals surface area contributed by atoms with Gasteiger partial charge in [-0.25, -0.2) is 18.6 Å². The van der Waals surface area contributed by atoms with Crippen LogP contribution in [0.3, 0.4) is 0 Å². The van der Waals surface area contributed by atoms with Crippen molar-refractivity contribution in [3.63, 3.8) is 0 Å². The molecule has 2 heterocycles. The molecule has 0 radical (unpaired) electrons. The molecule has 1 amide bonds. The minimum atomic E-state index is -4.86. The lowest BCUT2D eigenvalue weighted by molar-refractivity contribution is -0.139. The number of piperidine rings is 1. The van der Waals surface area contributed by atoms with E-state index >= 15 is 0 Å². The first-order chi connectivity index (χ1) is 23.3. The number of likely N-dealkylation sites (tertiary alicyclic amines) is 1. The third-order valence-corrected chi connectivity index (χ3v) is 9.95. The second kappa shape index (κ2) is 15.7. The molecule has 1 aromatic heterocycles. The molecule has 0 spiro atoms. The average Bonchev–Trinajstić information content (AvgIpc) is 3.06. The van der Waals surface area contributed by atoms with Gasteiger partial charge in [-0.15, -0.1) is 0 Å². The number of nitrogens with zero attached hydrogens (tertiary/aromatic N) is 3. The van der Waals surface area contributed by atoms with Gasteiger partial charge < -0.3 is 19.1 Å². The highest BCUT2D eigenvalue weighted by Crippen LogP contribution is 2.41. The van der Waals surface area contributed by atoms with Gasteiger partial charge in [-0.2, -0.15) is 13.2 Å². The molecular weight excluding hydrogens is 649 g/mol. The van der Waals surface area contributed by atoms with E-state index in [0.29, 0.717) is 37.6 Å². The number of pyridine rings is 1. The average molecular weight is 696 g/mol. The van der Waals surface area contributed by atoms with Crippen molar-refractivity contribution in [2.24, 2.45) is 11.8 Å². The predicted octanol–water partition coefficient (Wildman–Crippen LogP) is 8.42. The lowest BCUT2D eigenvalue weighted by Crippen LogP contribution is -2.47. The number of anilines is 1. The summed E-state index contributed by atoms with van der Waals surface area (Å²) in [7, 11) is 1.20. The van der Waals surface area contributed by atoms with Gasteiger partial charge in [0.2, 0.25) is 11.8 Å². The molecule has 3 aliphatic rings. The highest BCUT2D eigenvalue weighted by atomic mass is 19.4. The summed E-state index contributed by atoms with van der Waals surface area (Å²) in [5.41, 5.74) is -0.749. The fourth-order valence-corrected chi connectivity index (χ4v) is 7.38. The van der Waals surface area contributed by atoms with Crippen molar-refractivity contribution in [3.8, 4) is 11.6 Å². The maximum Gasteiger partial charge on any atom is 0.421 e. The van der Waals surface area contributed by atoms with Crippen LogP contribution in [0.4, 0.5) is 27.6 Å². The van der Waals surface area contributed by atoms with Gasteiger partial charge in [0.1, 0.15) is 11.3 Å². The maximum absolute atomic E-state index is 14.3. The lowest BCUT2D eigenvalue weighted by Gasteiger charge is -2.40. The molecule has 1 saturated heterocycles. The number of carbonyl (C=O) groups is 2. The highest BCUT2D eigenvalue weighted by molar-refractivity contribution is 6.04. The molecule has 2 aliphatic carbocycles. The zero-order valence-electron chi connectivity index (χ0n) is 28.4. The number of ether oxygens (including phenoxy) is 3. The maximum atomic E-state index is 14.3. The second-order valence-corrected chi connectivity index (χ2v) is 13.7. The Balaban J connectivity index is 1.45. The van der Waals surface area contributed by atoms with Crippen molar-refractivity contribution < 1.29 is 45.8 Å². The van der Waals surface area contributed by atoms with Gasteiger partial charge in [-0.05, 0) is 107 Å². The topological polar surface area (TPSA) is 81.2 Å². The molecular formula is C36H46F5N3O5. The van der Waals surface area contributed by atoms with Gasteiger partial charge in [0.05, 0.1) is 31.0 Å². The fraction of sp³-hybridized carbons (Fsp3) is 0.639. The van der Waals surface area contributed by atoms with Crippen molar-refractivity contribution in [1.29, 1.82) is 0 Å². The van der Waals surface area contributed by atoms with Gasteiger partial charge >= 0.3 is 12.1 Å². The normalized spacial score (nSPS) is 24.7. The Hall–Kier alpha value is -3.32. The van der Waals surface area contributed by atoms with Crippen molar-refractivity contribution in [3.05, 3.63) is 47.2 Å². The van der Waals surface area contributed by atoms with Crippen LogP contribution in [-0.2, 0) is 27.0 Å². The van der Waals surface area contributed by atoms with Gasteiger partial charge in [-0.3, -0.25) is 9.69 Å². The number of aromatic nitrogens is 1. The van der Waals surface area contributed by atoms with E-state index in [1.165, 1.54) is 36.4 Å². The number of benzene rings is 1. The number of halogens is 5. The summed E-state index contributed by atoms with van der Waals surface area (Å²) in [6.07, 6.45) is 2.55. The first-order valence-corrected chi connectivity index (χ1v) is 17.3. The van der Waals surface area contributed by atoms with Crippen LogP contribution >= 0.6 is 0 Å². The Labute approximate surface area is 284 Å². The summed E-state index contributed by atoms with van der Waals surface area (Å²) in [5.74, 6) is -4.28. The fourth-order valence-electron chi connectivity index (χ4n) is 7.38. The van der Waals surface area contributed by atoms with E-state index in [4.69, 9.17) is 14.2 Å². The number of hydrogen-bond acceptors (Lipinski definition) is 7. The number of esters is 1. The van der Waals surface area contributed by atoms with Crippen LogP contribution in [0.5, 0.6) is 11.6 Å². The van der Waals surface area contributed by atoms with E-state index in [2.05, 4.69) is 11.9 Å². The molecule has 3 fully saturated rings. The van der Waals surface area contributed by atoms with Crippen LogP contribution in [0.15, 0.2) is 30.5 Å². The Kier molecular flexibility index (Phi) is 11.8. The zero-order chi connectivity index (χ0) is 35.3. The molecule has 270 valence electrons. The molecule has 49 heavy (non-hydrogen) atoms. The van der Waals surface area contributed by atoms with Crippen LogP contribution < -0.4 is 9.64 Å². The van der Waals surface area contributed by atoms with E-state index in [0.717, 1.165) is 44.6 Å². The van der Waals surface area contributed by atoms with Crippen molar-refractivity contribution >= 4 is 17.6 Å². The van der Waals surface area contributed by atoms with Crippen LogP contribution in [0.2, 0.25) is 0 Å². The van der Waals surface area contributed by atoms with E-state index in [9.17, 15) is 31.5 Å². The summed E-state index contributed by atoms with van der Waals surface area (Å²) in [5, 5.41) is 0. The van der Waals surface area contributed by atoms with Gasteiger partial charge in [0, 0.05) is 37.7 Å². The third kappa shape index (κ3) is 9.27. The predicted molar refractivity (Wildman–Crippen MR) is 173 cm³/mol. The Morgan fingerprint density at radius 3 is 2.39 bits per heavy atom. The monoisotopic (exact) mass is 695 g/mol. The quantitative estimate of drug-likeness (QED) is 0.182. The molecule has 8 nitrogen and oxygen atoms in total. The third-order valence-electron chi connectivity index (χ3n) is 9.95. The number of methoxy groups -OCH3 is 1. The summed E-state index contributed by atoms with van der Waals surface area (Å²) in [6.45, 7) is 4.39. The molecule has 0 atom stereocenters. The number of rotatable bonds is 10. The van der Waals surface area contributed by atoms with E-state index in [1.807, 2.05) is 6.92 Å². The molecule has 1 aliphatic heterocycles. The first kappa shape index (κ1) is 36.9. The smallest absolute Gasteiger partial charge is 0.421 e. The zero-order valence-corrected chi connectivity index (χ0v) is 28.4. The summed E-state index contributed by atoms with van der Waals surface area (Å²) in [4.78, 5) is 34.5. The lowest BCUT2D eigenvalue weighted by atomic mass is 9.81. The largest absolute Gasteiger partial charge is 0.465 e. The van der Waals surface area contributed by atoms with Crippen LogP contribution in [0.1, 0.15) is 99.5 Å². The number of alkyl halides is 5. The molecule has 2 aromatic rings. The first-order valence-electron chi connectivity index (χ1n) is 17.3. The Bertz CT molecular complexity index is 1460. The van der Waals surface area contributed by atoms with Gasteiger partial charge in [0.15, 0.2) is 0 Å². The second-order valence-electron chi connectivity index (χ2n) is 13.7. The number of amides is 1. The highest BCUT2D eigenvalue weighted by Gasteiger charge is 2.39.